The van der Waals surface area contributed by atoms with Crippen LogP contribution in [0.3, 0.4) is 0 Å². The average Bonchev–Trinajstić information content (AvgIpc) is 2.84. The molecule has 1 heterocycles. The molecule has 1 aliphatic carbocycles. The maximum atomic E-state index is 5.29. The second kappa shape index (κ2) is 4.40. The Labute approximate surface area is 80.4 Å². The van der Waals surface area contributed by atoms with Gasteiger partial charge >= 0.3 is 0 Å². The number of hydrogen-bond acceptors (Lipinski definition) is 3. The first-order valence-electron chi connectivity index (χ1n) is 5.40. The number of rotatable bonds is 4. The summed E-state index contributed by atoms with van der Waals surface area (Å²) >= 11 is 0. The largest absolute Gasteiger partial charge is 0.379 e. The molecule has 0 spiro atoms. The van der Waals surface area contributed by atoms with Crippen molar-refractivity contribution in [1.82, 2.24) is 10.2 Å². The van der Waals surface area contributed by atoms with Crippen molar-refractivity contribution in [2.75, 3.05) is 39.4 Å². The van der Waals surface area contributed by atoms with Crippen molar-refractivity contribution in [3.05, 3.63) is 0 Å². The molecule has 2 aliphatic rings. The van der Waals surface area contributed by atoms with E-state index in [9.17, 15) is 0 Å². The van der Waals surface area contributed by atoms with Gasteiger partial charge in [-0.1, -0.05) is 6.92 Å². The minimum Gasteiger partial charge on any atom is -0.379 e. The Morgan fingerprint density at radius 2 is 2.08 bits per heavy atom. The van der Waals surface area contributed by atoms with E-state index in [0.717, 1.165) is 44.8 Å². The molecule has 3 heteroatoms. The summed E-state index contributed by atoms with van der Waals surface area (Å²) in [4.78, 5) is 2.48. The van der Waals surface area contributed by atoms with E-state index in [0.29, 0.717) is 0 Å². The van der Waals surface area contributed by atoms with Crippen LogP contribution in [0.2, 0.25) is 0 Å². The van der Waals surface area contributed by atoms with Crippen LogP contribution < -0.4 is 5.32 Å². The number of morpholine rings is 1. The lowest BCUT2D eigenvalue weighted by Gasteiger charge is -2.26. The van der Waals surface area contributed by atoms with Crippen molar-refractivity contribution in [3.63, 3.8) is 0 Å². The van der Waals surface area contributed by atoms with Gasteiger partial charge < -0.3 is 10.1 Å². The van der Waals surface area contributed by atoms with E-state index in [2.05, 4.69) is 17.1 Å². The molecular weight excluding hydrogens is 164 g/mol. The molecule has 0 amide bonds. The summed E-state index contributed by atoms with van der Waals surface area (Å²) in [7, 11) is 0. The minimum absolute atomic E-state index is 0.820. The molecule has 3 nitrogen and oxygen atoms in total. The summed E-state index contributed by atoms with van der Waals surface area (Å²) in [5.41, 5.74) is 0. The molecule has 1 saturated heterocycles. The highest BCUT2D eigenvalue weighted by Crippen LogP contribution is 2.28. The van der Waals surface area contributed by atoms with Gasteiger partial charge in [0.15, 0.2) is 0 Å². The van der Waals surface area contributed by atoms with E-state index in [1.54, 1.807) is 0 Å². The standard InChI is InChI=1S/C10H20N2O/c1-9-8-10(9)11-2-3-12-4-6-13-7-5-12/h9-11H,2-8H2,1H3. The Bertz CT molecular complexity index is 157. The molecule has 0 aromatic rings. The maximum Gasteiger partial charge on any atom is 0.0594 e. The van der Waals surface area contributed by atoms with E-state index < -0.39 is 0 Å². The van der Waals surface area contributed by atoms with Crippen LogP contribution in [0.4, 0.5) is 0 Å². The Morgan fingerprint density at radius 1 is 1.38 bits per heavy atom. The van der Waals surface area contributed by atoms with Crippen LogP contribution >= 0.6 is 0 Å². The first-order valence-corrected chi connectivity index (χ1v) is 5.40. The summed E-state index contributed by atoms with van der Waals surface area (Å²) in [5.74, 6) is 0.921. The van der Waals surface area contributed by atoms with Crippen LogP contribution in [0.15, 0.2) is 0 Å². The topological polar surface area (TPSA) is 24.5 Å². The third-order valence-corrected chi connectivity index (χ3v) is 3.05. The fourth-order valence-electron chi connectivity index (χ4n) is 1.84. The molecule has 0 radical (unpaired) electrons. The van der Waals surface area contributed by atoms with Gasteiger partial charge in [-0.25, -0.2) is 0 Å². The minimum atomic E-state index is 0.820. The average molecular weight is 184 g/mol. The van der Waals surface area contributed by atoms with Crippen molar-refractivity contribution >= 4 is 0 Å². The van der Waals surface area contributed by atoms with E-state index in [4.69, 9.17) is 4.74 Å². The molecule has 1 N–H and O–H groups in total. The fraction of sp³-hybridized carbons (Fsp3) is 1.00. The lowest BCUT2D eigenvalue weighted by atomic mass is 10.4. The number of ether oxygens (including phenoxy) is 1. The molecule has 1 aliphatic heterocycles. The molecule has 2 atom stereocenters. The van der Waals surface area contributed by atoms with Gasteiger partial charge in [0.05, 0.1) is 13.2 Å². The predicted molar refractivity (Wildman–Crippen MR) is 52.8 cm³/mol. The molecule has 2 rings (SSSR count). The molecular formula is C10H20N2O. The highest BCUT2D eigenvalue weighted by molar-refractivity contribution is 4.89. The van der Waals surface area contributed by atoms with E-state index in [1.807, 2.05) is 0 Å². The predicted octanol–water partition coefficient (Wildman–Crippen LogP) is 0.317. The van der Waals surface area contributed by atoms with Crippen LogP contribution in [0.1, 0.15) is 13.3 Å². The maximum absolute atomic E-state index is 5.29. The molecule has 2 fully saturated rings. The smallest absolute Gasteiger partial charge is 0.0594 e. The quantitative estimate of drug-likeness (QED) is 0.681. The van der Waals surface area contributed by atoms with Crippen LogP contribution in [-0.2, 0) is 4.74 Å². The number of nitrogens with one attached hydrogen (secondary N) is 1. The highest BCUT2D eigenvalue weighted by atomic mass is 16.5. The lowest BCUT2D eigenvalue weighted by molar-refractivity contribution is 0.0384. The van der Waals surface area contributed by atoms with Gasteiger partial charge in [0.2, 0.25) is 0 Å². The molecule has 2 unspecified atom stereocenters. The summed E-state index contributed by atoms with van der Waals surface area (Å²) in [6, 6.07) is 0.820. The van der Waals surface area contributed by atoms with Crippen molar-refractivity contribution in [2.45, 2.75) is 19.4 Å². The molecule has 0 bridgehead atoms. The van der Waals surface area contributed by atoms with Crippen molar-refractivity contribution < 1.29 is 4.74 Å². The summed E-state index contributed by atoms with van der Waals surface area (Å²) < 4.78 is 5.29. The van der Waals surface area contributed by atoms with Gasteiger partial charge in [-0.2, -0.15) is 0 Å². The van der Waals surface area contributed by atoms with Crippen LogP contribution in [0.25, 0.3) is 0 Å². The van der Waals surface area contributed by atoms with Crippen LogP contribution in [0.5, 0.6) is 0 Å². The molecule has 13 heavy (non-hydrogen) atoms. The fourth-order valence-corrected chi connectivity index (χ4v) is 1.84. The van der Waals surface area contributed by atoms with E-state index in [1.165, 1.54) is 13.0 Å². The Hall–Kier alpha value is -0.120. The van der Waals surface area contributed by atoms with Gasteiger partial charge in [0.1, 0.15) is 0 Å². The first kappa shape index (κ1) is 9.44. The summed E-state index contributed by atoms with van der Waals surface area (Å²) in [5, 5.41) is 3.57. The van der Waals surface area contributed by atoms with Crippen molar-refractivity contribution in [1.29, 1.82) is 0 Å². The van der Waals surface area contributed by atoms with Gasteiger partial charge in [-0.3, -0.25) is 4.90 Å². The lowest BCUT2D eigenvalue weighted by Crippen LogP contribution is -2.40. The number of hydrogen-bond donors (Lipinski definition) is 1. The third-order valence-electron chi connectivity index (χ3n) is 3.05. The molecule has 0 aromatic heterocycles. The van der Waals surface area contributed by atoms with Gasteiger partial charge in [0.25, 0.3) is 0 Å². The molecule has 76 valence electrons. The number of nitrogens with zero attached hydrogens (tertiary/aromatic N) is 1. The van der Waals surface area contributed by atoms with Gasteiger partial charge in [0, 0.05) is 32.2 Å². The van der Waals surface area contributed by atoms with Crippen LogP contribution in [-0.4, -0.2) is 50.3 Å². The van der Waals surface area contributed by atoms with Gasteiger partial charge in [-0.15, -0.1) is 0 Å². The monoisotopic (exact) mass is 184 g/mol. The summed E-state index contributed by atoms with van der Waals surface area (Å²) in [6.07, 6.45) is 1.38. The Kier molecular flexibility index (Phi) is 3.19. The van der Waals surface area contributed by atoms with Crippen molar-refractivity contribution in [2.24, 2.45) is 5.92 Å². The second-order valence-electron chi connectivity index (χ2n) is 4.23. The zero-order chi connectivity index (χ0) is 9.10. The van der Waals surface area contributed by atoms with E-state index >= 15 is 0 Å². The van der Waals surface area contributed by atoms with Gasteiger partial charge in [-0.05, 0) is 12.3 Å². The third kappa shape index (κ3) is 2.93. The zero-order valence-electron chi connectivity index (χ0n) is 8.46. The Balaban J connectivity index is 1.51. The zero-order valence-corrected chi connectivity index (χ0v) is 8.46. The molecule has 1 saturated carbocycles. The SMILES string of the molecule is CC1CC1NCCN1CCOCC1. The molecule has 0 aromatic carbocycles. The first-order chi connectivity index (χ1) is 6.36. The second-order valence-corrected chi connectivity index (χ2v) is 4.23. The normalized spacial score (nSPS) is 34.8. The highest BCUT2D eigenvalue weighted by Gasteiger charge is 2.31. The Morgan fingerprint density at radius 3 is 2.69 bits per heavy atom. The van der Waals surface area contributed by atoms with Crippen molar-refractivity contribution in [3.8, 4) is 0 Å². The summed E-state index contributed by atoms with van der Waals surface area (Å²) in [6.45, 7) is 8.71. The van der Waals surface area contributed by atoms with E-state index in [-0.39, 0.29) is 0 Å². The van der Waals surface area contributed by atoms with Crippen LogP contribution in [0, 0.1) is 5.92 Å².